The summed E-state index contributed by atoms with van der Waals surface area (Å²) in [5.74, 6) is 1.12. The minimum Gasteiger partial charge on any atom is -0.289 e. The van der Waals surface area contributed by atoms with Crippen LogP contribution in [-0.2, 0) is 20.6 Å². The van der Waals surface area contributed by atoms with E-state index in [1.807, 2.05) is 43.6 Å². The molecule has 0 bridgehead atoms. The van der Waals surface area contributed by atoms with E-state index in [2.05, 4.69) is 17.2 Å². The molecular weight excluding hydrogens is 440 g/mol. The van der Waals surface area contributed by atoms with Crippen LogP contribution >= 0.6 is 0 Å². The molecule has 2 aromatic carbocycles. The number of aryl methyl sites for hydroxylation is 2. The lowest BCUT2D eigenvalue weighted by molar-refractivity contribution is 0.609. The van der Waals surface area contributed by atoms with Gasteiger partial charge in [-0.15, -0.1) is 5.10 Å². The average Bonchev–Trinajstić information content (AvgIpc) is 3.78. The molecule has 2 aliphatic rings. The lowest BCUT2D eigenvalue weighted by Gasteiger charge is -2.12. The lowest BCUT2D eigenvalue weighted by atomic mass is 10.0. The second-order valence-corrected chi connectivity index (χ2v) is 10.1. The zero-order valence-electron chi connectivity index (χ0n) is 19.8. The van der Waals surface area contributed by atoms with Crippen LogP contribution in [0.1, 0.15) is 37.2 Å². The fourth-order valence-electron chi connectivity index (χ4n) is 5.13. The molecule has 0 radical (unpaired) electrons. The summed E-state index contributed by atoms with van der Waals surface area (Å²) in [6, 6.07) is 14.0. The Labute approximate surface area is 201 Å². The van der Waals surface area contributed by atoms with Gasteiger partial charge in [0.2, 0.25) is 0 Å². The molecule has 0 spiro atoms. The molecule has 0 N–H and O–H groups in total. The number of hydrogen-bond donors (Lipinski definition) is 0. The van der Waals surface area contributed by atoms with Gasteiger partial charge in [0.1, 0.15) is 5.52 Å². The van der Waals surface area contributed by atoms with Crippen LogP contribution in [0.5, 0.6) is 0 Å². The molecule has 0 atom stereocenters. The number of imidazole rings is 1. The molecule has 8 heteroatoms. The molecule has 0 unspecified atom stereocenters. The molecule has 7 rings (SSSR count). The molecule has 176 valence electrons. The first-order valence-electron chi connectivity index (χ1n) is 12.2. The number of fused-ring (bicyclic) bond motifs is 2. The summed E-state index contributed by atoms with van der Waals surface area (Å²) < 4.78 is 6.51. The Hall–Kier alpha value is -3.94. The first-order chi connectivity index (χ1) is 17.0. The Kier molecular flexibility index (Phi) is 4.25. The van der Waals surface area contributed by atoms with Crippen LogP contribution < -0.4 is 11.2 Å². The molecule has 0 saturated heterocycles. The van der Waals surface area contributed by atoms with Gasteiger partial charge in [-0.25, -0.2) is 4.79 Å². The van der Waals surface area contributed by atoms with E-state index in [4.69, 9.17) is 5.10 Å². The van der Waals surface area contributed by atoms with Crippen molar-refractivity contribution in [3.8, 4) is 16.8 Å². The zero-order valence-corrected chi connectivity index (χ0v) is 19.8. The second kappa shape index (κ2) is 7.28. The van der Waals surface area contributed by atoms with Crippen molar-refractivity contribution in [1.82, 2.24) is 28.7 Å². The van der Waals surface area contributed by atoms with Crippen molar-refractivity contribution in [2.45, 2.75) is 38.1 Å². The number of benzene rings is 2. The highest BCUT2D eigenvalue weighted by Gasteiger charge is 2.28. The molecule has 0 amide bonds. The van der Waals surface area contributed by atoms with Crippen LogP contribution in [-0.4, -0.2) is 28.7 Å². The largest absolute Gasteiger partial charge is 0.330 e. The summed E-state index contributed by atoms with van der Waals surface area (Å²) in [4.78, 5) is 27.4. The predicted octanol–water partition coefficient (Wildman–Crippen LogP) is 3.73. The van der Waals surface area contributed by atoms with Gasteiger partial charge in [-0.2, -0.15) is 9.78 Å². The topological polar surface area (TPSA) is 79.6 Å². The lowest BCUT2D eigenvalue weighted by Crippen LogP contribution is -2.24. The molecule has 8 nitrogen and oxygen atoms in total. The minimum absolute atomic E-state index is 0.130. The predicted molar refractivity (Wildman–Crippen MR) is 135 cm³/mol. The first-order valence-corrected chi connectivity index (χ1v) is 12.2. The zero-order chi connectivity index (χ0) is 23.8. The molecule has 2 fully saturated rings. The maximum absolute atomic E-state index is 14.1. The summed E-state index contributed by atoms with van der Waals surface area (Å²) >= 11 is 0. The summed E-state index contributed by atoms with van der Waals surface area (Å²) in [6.45, 7) is 0.621. The molecular formula is C27H26N6O2. The van der Waals surface area contributed by atoms with E-state index in [0.29, 0.717) is 40.8 Å². The van der Waals surface area contributed by atoms with Gasteiger partial charge in [0.05, 0.1) is 16.8 Å². The highest BCUT2D eigenvalue weighted by molar-refractivity contribution is 5.90. The maximum atomic E-state index is 14.1. The molecule has 35 heavy (non-hydrogen) atoms. The summed E-state index contributed by atoms with van der Waals surface area (Å²) in [5, 5.41) is 10.1. The summed E-state index contributed by atoms with van der Waals surface area (Å²) in [7, 11) is 3.61. The van der Waals surface area contributed by atoms with Gasteiger partial charge in [0, 0.05) is 32.2 Å². The van der Waals surface area contributed by atoms with Crippen LogP contribution in [0.4, 0.5) is 0 Å². The van der Waals surface area contributed by atoms with E-state index >= 15 is 0 Å². The Morgan fingerprint density at radius 3 is 2.43 bits per heavy atom. The van der Waals surface area contributed by atoms with Crippen molar-refractivity contribution in [1.29, 1.82) is 0 Å². The normalized spacial score (nSPS) is 15.9. The standard InChI is InChI=1S/C27H26N6O2/c1-30-15-20-13-21(11-12-22(20)28-30)33-26(34)23(19-9-7-18(8-10-19)17-5-6-17)24-25(29-33)31(2)27(35)32(24)14-16-3-4-16/h7-13,15-17H,3-6,14H2,1-2H3. The number of hydrogen-bond acceptors (Lipinski definition) is 4. The monoisotopic (exact) mass is 466 g/mol. The van der Waals surface area contributed by atoms with Crippen LogP contribution in [0.25, 0.3) is 38.9 Å². The van der Waals surface area contributed by atoms with Gasteiger partial charge in [0.25, 0.3) is 5.56 Å². The van der Waals surface area contributed by atoms with Gasteiger partial charge < -0.3 is 0 Å². The second-order valence-electron chi connectivity index (χ2n) is 10.1. The fraction of sp³-hybridized carbons (Fsp3) is 0.333. The Bertz CT molecular complexity index is 1740. The van der Waals surface area contributed by atoms with Crippen LogP contribution in [0, 0.1) is 5.92 Å². The number of aromatic nitrogens is 6. The molecule has 3 heterocycles. The Morgan fingerprint density at radius 2 is 1.71 bits per heavy atom. The van der Waals surface area contributed by atoms with Crippen LogP contribution in [0.15, 0.2) is 58.3 Å². The van der Waals surface area contributed by atoms with Crippen LogP contribution in [0.2, 0.25) is 0 Å². The average molecular weight is 467 g/mol. The molecule has 2 aliphatic carbocycles. The van der Waals surface area contributed by atoms with E-state index in [9.17, 15) is 9.59 Å². The quantitative estimate of drug-likeness (QED) is 0.395. The van der Waals surface area contributed by atoms with Crippen molar-refractivity contribution in [2.24, 2.45) is 20.0 Å². The molecule has 3 aromatic heterocycles. The third-order valence-corrected chi connectivity index (χ3v) is 7.39. The third-order valence-electron chi connectivity index (χ3n) is 7.39. The highest BCUT2D eigenvalue weighted by atomic mass is 16.2. The smallest absolute Gasteiger partial charge is 0.289 e. The molecule has 5 aromatic rings. The van der Waals surface area contributed by atoms with Crippen molar-refractivity contribution in [3.05, 3.63) is 75.1 Å². The summed E-state index contributed by atoms with van der Waals surface area (Å²) in [5.41, 5.74) is 4.95. The minimum atomic E-state index is -0.227. The number of rotatable bonds is 5. The van der Waals surface area contributed by atoms with Crippen molar-refractivity contribution in [3.63, 3.8) is 0 Å². The van der Waals surface area contributed by atoms with Gasteiger partial charge in [-0.05, 0) is 66.8 Å². The Balaban J connectivity index is 1.52. The van der Waals surface area contributed by atoms with Gasteiger partial charge >= 0.3 is 5.69 Å². The van der Waals surface area contributed by atoms with E-state index in [-0.39, 0.29) is 11.2 Å². The first kappa shape index (κ1) is 20.4. The third kappa shape index (κ3) is 3.27. The highest BCUT2D eigenvalue weighted by Crippen LogP contribution is 2.40. The van der Waals surface area contributed by atoms with E-state index in [1.54, 1.807) is 20.9 Å². The van der Waals surface area contributed by atoms with E-state index < -0.39 is 0 Å². The van der Waals surface area contributed by atoms with Gasteiger partial charge in [0.15, 0.2) is 5.65 Å². The maximum Gasteiger partial charge on any atom is 0.330 e. The molecule has 2 saturated carbocycles. The van der Waals surface area contributed by atoms with Gasteiger partial charge in [-0.1, -0.05) is 24.3 Å². The van der Waals surface area contributed by atoms with Crippen molar-refractivity contribution >= 4 is 22.1 Å². The van der Waals surface area contributed by atoms with Crippen LogP contribution in [0.3, 0.4) is 0 Å². The van der Waals surface area contributed by atoms with Gasteiger partial charge in [-0.3, -0.25) is 18.6 Å². The summed E-state index contributed by atoms with van der Waals surface area (Å²) in [6.07, 6.45) is 6.60. The van der Waals surface area contributed by atoms with Crippen molar-refractivity contribution < 1.29 is 0 Å². The fourth-order valence-corrected chi connectivity index (χ4v) is 5.13. The van der Waals surface area contributed by atoms with E-state index in [0.717, 1.165) is 29.3 Å². The van der Waals surface area contributed by atoms with Crippen molar-refractivity contribution in [2.75, 3.05) is 0 Å². The van der Waals surface area contributed by atoms with E-state index in [1.165, 1.54) is 23.1 Å². The SMILES string of the molecule is Cn1cc2cc(-n3nc4c(c(-c5ccc(C6CC6)cc5)c3=O)n(CC3CC3)c(=O)n4C)ccc2n1. The molecule has 0 aliphatic heterocycles. The Morgan fingerprint density at radius 1 is 0.943 bits per heavy atom. The number of nitrogens with zero attached hydrogens (tertiary/aromatic N) is 6.